The van der Waals surface area contributed by atoms with Crippen molar-refractivity contribution in [3.63, 3.8) is 0 Å². The molecule has 0 saturated carbocycles. The van der Waals surface area contributed by atoms with Gasteiger partial charge in [-0.2, -0.15) is 0 Å². The summed E-state index contributed by atoms with van der Waals surface area (Å²) < 4.78 is 12.3. The van der Waals surface area contributed by atoms with Gasteiger partial charge in [0, 0.05) is 11.8 Å². The van der Waals surface area contributed by atoms with Gasteiger partial charge in [0.2, 0.25) is 6.79 Å². The maximum Gasteiger partial charge on any atom is 0.230 e. The van der Waals surface area contributed by atoms with Crippen LogP contribution in [0.1, 0.15) is 33.6 Å². The summed E-state index contributed by atoms with van der Waals surface area (Å²) in [5.41, 5.74) is 6.94. The fraction of sp³-hybridized carbons (Fsp3) is 0.368. The van der Waals surface area contributed by atoms with E-state index in [9.17, 15) is 0 Å². The van der Waals surface area contributed by atoms with E-state index < -0.39 is 0 Å². The molecule has 3 heteroatoms. The molecular weight excluding hydrogens is 340 g/mol. The lowest BCUT2D eigenvalue weighted by atomic mass is 9.72. The molecule has 4 rings (SSSR count). The molecule has 0 atom stereocenters. The van der Waals surface area contributed by atoms with Gasteiger partial charge in [0.05, 0.1) is 4.48 Å². The number of hydrogen-bond donors (Lipinski definition) is 0. The third-order valence-electron chi connectivity index (χ3n) is 5.04. The van der Waals surface area contributed by atoms with Crippen LogP contribution < -0.4 is 0 Å². The van der Waals surface area contributed by atoms with Crippen LogP contribution in [-0.4, -0.2) is 6.79 Å². The second kappa shape index (κ2) is 4.76. The molecule has 1 aliphatic heterocycles. The van der Waals surface area contributed by atoms with E-state index in [1.807, 2.05) is 0 Å². The molecule has 0 aromatic carbocycles. The smallest absolute Gasteiger partial charge is 0.230 e. The highest BCUT2D eigenvalue weighted by atomic mass is 79.9. The minimum absolute atomic E-state index is 0.0337. The van der Waals surface area contributed by atoms with Crippen LogP contribution in [0.2, 0.25) is 0 Å². The molecule has 0 spiro atoms. The van der Waals surface area contributed by atoms with Crippen molar-refractivity contribution in [3.05, 3.63) is 68.2 Å². The topological polar surface area (TPSA) is 18.5 Å². The lowest BCUT2D eigenvalue weighted by molar-refractivity contribution is 0.0733. The standard InChI is InChI=1S/C19H19BrO2/c1-11-8-14-13(9-15-18(17(14)20)22-10-21-15)16(11)19(2,3)12-6-4-5-7-12/h4-6,8H,7,9-10H2,1-3H3. The van der Waals surface area contributed by atoms with E-state index in [1.54, 1.807) is 0 Å². The zero-order valence-corrected chi connectivity index (χ0v) is 14.7. The number of rotatable bonds is 2. The maximum atomic E-state index is 5.67. The molecule has 0 bridgehead atoms. The second-order valence-electron chi connectivity index (χ2n) is 6.69. The molecule has 0 unspecified atom stereocenters. The predicted octanol–water partition coefficient (Wildman–Crippen LogP) is 5.42. The fourth-order valence-electron chi connectivity index (χ4n) is 3.97. The lowest BCUT2D eigenvalue weighted by Crippen LogP contribution is -2.19. The quantitative estimate of drug-likeness (QED) is 0.655. The first kappa shape index (κ1) is 14.1. The number of hydrogen-bond acceptors (Lipinski definition) is 2. The molecule has 0 N–H and O–H groups in total. The minimum Gasteiger partial charge on any atom is -0.458 e. The Morgan fingerprint density at radius 2 is 2.05 bits per heavy atom. The van der Waals surface area contributed by atoms with Gasteiger partial charge in [0.25, 0.3) is 0 Å². The monoisotopic (exact) mass is 358 g/mol. The first-order valence-corrected chi connectivity index (χ1v) is 8.47. The van der Waals surface area contributed by atoms with Crippen LogP contribution in [0.5, 0.6) is 0 Å². The summed E-state index contributed by atoms with van der Waals surface area (Å²) in [4.78, 5) is 0. The molecule has 3 aliphatic carbocycles. The first-order valence-electron chi connectivity index (χ1n) is 7.68. The highest BCUT2D eigenvalue weighted by Crippen LogP contribution is 2.53. The van der Waals surface area contributed by atoms with Gasteiger partial charge in [-0.1, -0.05) is 43.7 Å². The molecule has 0 saturated heterocycles. The summed E-state index contributed by atoms with van der Waals surface area (Å²) in [6.07, 6.45) is 10.8. The summed E-state index contributed by atoms with van der Waals surface area (Å²) in [5.74, 6) is 1.84. The molecule has 22 heavy (non-hydrogen) atoms. The van der Waals surface area contributed by atoms with Crippen LogP contribution in [0.15, 0.2) is 68.2 Å². The van der Waals surface area contributed by atoms with E-state index in [4.69, 9.17) is 9.47 Å². The maximum absolute atomic E-state index is 5.67. The molecule has 4 aliphatic rings. The van der Waals surface area contributed by atoms with Crippen LogP contribution in [0.4, 0.5) is 0 Å². The summed E-state index contributed by atoms with van der Waals surface area (Å²) >= 11 is 3.72. The Kier molecular flexibility index (Phi) is 3.06. The van der Waals surface area contributed by atoms with Gasteiger partial charge in [-0.25, -0.2) is 0 Å². The van der Waals surface area contributed by atoms with Crippen molar-refractivity contribution in [2.75, 3.05) is 6.79 Å². The average Bonchev–Trinajstić information content (AvgIpc) is 3.16. The summed E-state index contributed by atoms with van der Waals surface area (Å²) in [6, 6.07) is 0. The molecule has 0 aromatic heterocycles. The van der Waals surface area contributed by atoms with Gasteiger partial charge >= 0.3 is 0 Å². The first-order chi connectivity index (χ1) is 10.5. The molecule has 0 aromatic rings. The average molecular weight is 359 g/mol. The zero-order valence-electron chi connectivity index (χ0n) is 13.1. The Balaban J connectivity index is 1.85. The number of ether oxygens (including phenoxy) is 2. The van der Waals surface area contributed by atoms with Crippen molar-refractivity contribution >= 4 is 15.9 Å². The number of halogens is 1. The Bertz CT molecular complexity index is 754. The van der Waals surface area contributed by atoms with Gasteiger partial charge < -0.3 is 9.47 Å². The number of fused-ring (bicyclic) bond motifs is 1. The van der Waals surface area contributed by atoms with Gasteiger partial charge in [-0.05, 0) is 51.6 Å². The molecule has 0 fully saturated rings. The molecular formula is C19H19BrO2. The van der Waals surface area contributed by atoms with E-state index in [-0.39, 0.29) is 5.41 Å². The molecule has 114 valence electrons. The van der Waals surface area contributed by atoms with Crippen molar-refractivity contribution in [3.8, 4) is 0 Å². The highest BCUT2D eigenvalue weighted by Gasteiger charge is 2.39. The van der Waals surface area contributed by atoms with Gasteiger partial charge in [0.15, 0.2) is 5.76 Å². The largest absolute Gasteiger partial charge is 0.458 e. The summed E-state index contributed by atoms with van der Waals surface area (Å²) in [6.45, 7) is 7.21. The summed E-state index contributed by atoms with van der Waals surface area (Å²) in [7, 11) is 0. The van der Waals surface area contributed by atoms with E-state index in [0.717, 1.165) is 28.8 Å². The zero-order chi connectivity index (χ0) is 15.5. The SMILES string of the molecule is CC1=CC2=C(Br)C3=C(CC2=C1C(C)(C)C1=CC=CC1)OCO3. The third kappa shape index (κ3) is 1.84. The number of allylic oxidation sites excluding steroid dienone is 10. The second-order valence-corrected chi connectivity index (χ2v) is 7.49. The van der Waals surface area contributed by atoms with Crippen LogP contribution >= 0.6 is 15.9 Å². The third-order valence-corrected chi connectivity index (χ3v) is 5.83. The van der Waals surface area contributed by atoms with Crippen molar-refractivity contribution in [2.45, 2.75) is 33.6 Å². The Morgan fingerprint density at radius 1 is 1.23 bits per heavy atom. The van der Waals surface area contributed by atoms with E-state index >= 15 is 0 Å². The fourth-order valence-corrected chi connectivity index (χ4v) is 4.66. The Hall–Kier alpha value is -1.48. The molecule has 0 radical (unpaired) electrons. The molecule has 2 nitrogen and oxygen atoms in total. The van der Waals surface area contributed by atoms with Crippen molar-refractivity contribution < 1.29 is 9.47 Å². The Morgan fingerprint density at radius 3 is 2.77 bits per heavy atom. The summed E-state index contributed by atoms with van der Waals surface area (Å²) in [5, 5.41) is 0. The predicted molar refractivity (Wildman–Crippen MR) is 91.0 cm³/mol. The van der Waals surface area contributed by atoms with Gasteiger partial charge in [0.1, 0.15) is 5.76 Å². The van der Waals surface area contributed by atoms with Crippen molar-refractivity contribution in [1.82, 2.24) is 0 Å². The lowest BCUT2D eigenvalue weighted by Gasteiger charge is -2.32. The van der Waals surface area contributed by atoms with Crippen LogP contribution in [-0.2, 0) is 9.47 Å². The molecule has 1 heterocycles. The minimum atomic E-state index is 0.0337. The van der Waals surface area contributed by atoms with Gasteiger partial charge in [-0.15, -0.1) is 0 Å². The van der Waals surface area contributed by atoms with Crippen LogP contribution in [0.3, 0.4) is 0 Å². The van der Waals surface area contributed by atoms with Crippen LogP contribution in [0, 0.1) is 5.41 Å². The molecule has 0 amide bonds. The normalized spacial score (nSPS) is 23.5. The van der Waals surface area contributed by atoms with E-state index in [1.165, 1.54) is 27.9 Å². The van der Waals surface area contributed by atoms with E-state index in [0.29, 0.717) is 6.79 Å². The van der Waals surface area contributed by atoms with E-state index in [2.05, 4.69) is 61.0 Å². The Labute approximate surface area is 139 Å². The highest BCUT2D eigenvalue weighted by molar-refractivity contribution is 9.12. The van der Waals surface area contributed by atoms with Gasteiger partial charge in [-0.3, -0.25) is 0 Å². The van der Waals surface area contributed by atoms with Crippen LogP contribution in [0.25, 0.3) is 0 Å². The van der Waals surface area contributed by atoms with Crippen molar-refractivity contribution in [1.29, 1.82) is 0 Å². The van der Waals surface area contributed by atoms with Crippen molar-refractivity contribution in [2.24, 2.45) is 5.41 Å².